The lowest BCUT2D eigenvalue weighted by Crippen LogP contribution is -2.43. The Hall–Kier alpha value is -1.72. The normalized spacial score (nSPS) is 12.2. The Morgan fingerprint density at radius 1 is 1.20 bits per heavy atom. The zero-order chi connectivity index (χ0) is 18.2. The molecule has 0 fully saturated rings. The van der Waals surface area contributed by atoms with E-state index in [4.69, 9.17) is 0 Å². The van der Waals surface area contributed by atoms with Crippen molar-refractivity contribution in [3.63, 3.8) is 0 Å². The van der Waals surface area contributed by atoms with Crippen LogP contribution >= 0.6 is 15.9 Å². The van der Waals surface area contributed by atoms with E-state index in [2.05, 4.69) is 38.3 Å². The van der Waals surface area contributed by atoms with Crippen LogP contribution in [0.25, 0.3) is 0 Å². The van der Waals surface area contributed by atoms with E-state index in [0.717, 1.165) is 13.0 Å². The van der Waals surface area contributed by atoms with E-state index >= 15 is 0 Å². The number of rotatable bonds is 8. The topological polar surface area (TPSA) is 32.3 Å². The van der Waals surface area contributed by atoms with Crippen molar-refractivity contribution in [3.8, 4) is 0 Å². The molecule has 0 saturated carbocycles. The standard InChI is InChI=1S/C20H24BrFN2O/c1-24(2)14-18(12-15-6-4-3-5-7-15)23-20(25)11-9-16-8-10-17(21)13-19(16)22/h3-8,10,13,18H,9,11-12,14H2,1-2H3,(H,23,25). The van der Waals surface area contributed by atoms with E-state index in [1.54, 1.807) is 12.1 Å². The van der Waals surface area contributed by atoms with Gasteiger partial charge < -0.3 is 10.2 Å². The van der Waals surface area contributed by atoms with Crippen LogP contribution < -0.4 is 5.32 Å². The summed E-state index contributed by atoms with van der Waals surface area (Å²) in [6, 6.07) is 15.1. The van der Waals surface area contributed by atoms with E-state index in [0.29, 0.717) is 16.5 Å². The highest BCUT2D eigenvalue weighted by Crippen LogP contribution is 2.16. The molecule has 0 radical (unpaired) electrons. The number of halogens is 2. The fraction of sp³-hybridized carbons (Fsp3) is 0.350. The van der Waals surface area contributed by atoms with Gasteiger partial charge in [0.05, 0.1) is 0 Å². The smallest absolute Gasteiger partial charge is 0.220 e. The Bertz CT molecular complexity index is 691. The predicted molar refractivity (Wildman–Crippen MR) is 103 cm³/mol. The lowest BCUT2D eigenvalue weighted by molar-refractivity contribution is -0.121. The van der Waals surface area contributed by atoms with Gasteiger partial charge in [0.15, 0.2) is 0 Å². The molecule has 0 aromatic heterocycles. The van der Waals surface area contributed by atoms with Crippen LogP contribution in [-0.2, 0) is 17.6 Å². The zero-order valence-corrected chi connectivity index (χ0v) is 16.2. The van der Waals surface area contributed by atoms with Crippen molar-refractivity contribution < 1.29 is 9.18 Å². The molecule has 0 saturated heterocycles. The first-order valence-electron chi connectivity index (χ1n) is 8.36. The number of benzene rings is 2. The summed E-state index contributed by atoms with van der Waals surface area (Å²) >= 11 is 3.24. The highest BCUT2D eigenvalue weighted by molar-refractivity contribution is 9.10. The van der Waals surface area contributed by atoms with Crippen LogP contribution in [0.15, 0.2) is 53.0 Å². The fourth-order valence-electron chi connectivity index (χ4n) is 2.77. The molecule has 3 nitrogen and oxygen atoms in total. The van der Waals surface area contributed by atoms with Crippen LogP contribution in [0.2, 0.25) is 0 Å². The first kappa shape index (κ1) is 19.6. The summed E-state index contributed by atoms with van der Waals surface area (Å²) in [6.07, 6.45) is 1.44. The molecule has 0 aliphatic carbocycles. The van der Waals surface area contributed by atoms with E-state index < -0.39 is 0 Å². The second kappa shape index (κ2) is 9.68. The number of aryl methyl sites for hydroxylation is 1. The minimum absolute atomic E-state index is 0.0275. The molecule has 2 aromatic rings. The van der Waals surface area contributed by atoms with Gasteiger partial charge in [0.25, 0.3) is 0 Å². The molecule has 2 aromatic carbocycles. The molecule has 0 heterocycles. The number of hydrogen-bond donors (Lipinski definition) is 1. The zero-order valence-electron chi connectivity index (χ0n) is 14.6. The molecule has 0 spiro atoms. The maximum absolute atomic E-state index is 13.9. The van der Waals surface area contributed by atoms with Gasteiger partial charge in [0.1, 0.15) is 5.82 Å². The number of carbonyl (C=O) groups excluding carboxylic acids is 1. The van der Waals surface area contributed by atoms with Crippen molar-refractivity contribution in [2.24, 2.45) is 0 Å². The summed E-state index contributed by atoms with van der Waals surface area (Å²) in [7, 11) is 3.97. The largest absolute Gasteiger partial charge is 0.352 e. The predicted octanol–water partition coefficient (Wildman–Crippen LogP) is 3.81. The van der Waals surface area contributed by atoms with Crippen LogP contribution in [0.4, 0.5) is 4.39 Å². The Kier molecular flexibility index (Phi) is 7.59. The molecule has 2 rings (SSSR count). The minimum atomic E-state index is -0.281. The number of nitrogens with one attached hydrogen (secondary N) is 1. The molecule has 1 N–H and O–H groups in total. The number of likely N-dealkylation sites (N-methyl/N-ethyl adjacent to an activating group) is 1. The van der Waals surface area contributed by atoms with Crippen LogP contribution in [0.5, 0.6) is 0 Å². The second-order valence-corrected chi connectivity index (χ2v) is 7.37. The summed E-state index contributed by atoms with van der Waals surface area (Å²) in [5.41, 5.74) is 1.75. The molecule has 0 aliphatic heterocycles. The van der Waals surface area contributed by atoms with Crippen molar-refractivity contribution in [2.45, 2.75) is 25.3 Å². The van der Waals surface area contributed by atoms with Gasteiger partial charge in [0.2, 0.25) is 5.91 Å². The lowest BCUT2D eigenvalue weighted by atomic mass is 10.0. The van der Waals surface area contributed by atoms with Crippen molar-refractivity contribution in [2.75, 3.05) is 20.6 Å². The average Bonchev–Trinajstić information content (AvgIpc) is 2.54. The van der Waals surface area contributed by atoms with Crippen molar-refractivity contribution in [1.29, 1.82) is 0 Å². The maximum atomic E-state index is 13.9. The van der Waals surface area contributed by atoms with Gasteiger partial charge in [0, 0.05) is 23.5 Å². The van der Waals surface area contributed by atoms with E-state index in [9.17, 15) is 9.18 Å². The van der Waals surface area contributed by atoms with Gasteiger partial charge in [-0.05, 0) is 50.2 Å². The first-order chi connectivity index (χ1) is 11.9. The average molecular weight is 407 g/mol. The Balaban J connectivity index is 1.92. The fourth-order valence-corrected chi connectivity index (χ4v) is 3.11. The van der Waals surface area contributed by atoms with Crippen LogP contribution in [-0.4, -0.2) is 37.5 Å². The van der Waals surface area contributed by atoms with E-state index in [-0.39, 0.29) is 24.2 Å². The highest BCUT2D eigenvalue weighted by atomic mass is 79.9. The van der Waals surface area contributed by atoms with Gasteiger partial charge in [-0.25, -0.2) is 4.39 Å². The monoisotopic (exact) mass is 406 g/mol. The Labute approximate surface area is 157 Å². The Morgan fingerprint density at radius 2 is 1.92 bits per heavy atom. The summed E-state index contributed by atoms with van der Waals surface area (Å²) in [5, 5.41) is 3.09. The molecule has 0 aliphatic rings. The lowest BCUT2D eigenvalue weighted by Gasteiger charge is -2.22. The van der Waals surface area contributed by atoms with E-state index in [1.807, 2.05) is 32.3 Å². The van der Waals surface area contributed by atoms with Crippen LogP contribution in [0.1, 0.15) is 17.5 Å². The third-order valence-corrected chi connectivity index (χ3v) is 4.41. The number of hydrogen-bond acceptors (Lipinski definition) is 2. The number of amides is 1. The third-order valence-electron chi connectivity index (χ3n) is 3.91. The van der Waals surface area contributed by atoms with Crippen molar-refractivity contribution in [1.82, 2.24) is 10.2 Å². The Morgan fingerprint density at radius 3 is 2.56 bits per heavy atom. The summed E-state index contributed by atoms with van der Waals surface area (Å²) in [5.74, 6) is -0.332. The third kappa shape index (κ3) is 6.96. The SMILES string of the molecule is CN(C)CC(Cc1ccccc1)NC(=O)CCc1ccc(Br)cc1F. The van der Waals surface area contributed by atoms with E-state index in [1.165, 1.54) is 11.6 Å². The van der Waals surface area contributed by atoms with Crippen molar-refractivity contribution in [3.05, 3.63) is 69.9 Å². The molecule has 134 valence electrons. The molecule has 1 unspecified atom stereocenters. The van der Waals surface area contributed by atoms with Crippen LogP contribution in [0.3, 0.4) is 0 Å². The second-order valence-electron chi connectivity index (χ2n) is 6.45. The van der Waals surface area contributed by atoms with Gasteiger partial charge in [-0.1, -0.05) is 52.3 Å². The highest BCUT2D eigenvalue weighted by Gasteiger charge is 2.15. The molecule has 1 amide bonds. The summed E-state index contributed by atoms with van der Waals surface area (Å²) in [4.78, 5) is 14.4. The molecule has 25 heavy (non-hydrogen) atoms. The molecule has 5 heteroatoms. The summed E-state index contributed by atoms with van der Waals surface area (Å²) in [6.45, 7) is 0.757. The van der Waals surface area contributed by atoms with Gasteiger partial charge in [-0.15, -0.1) is 0 Å². The quantitative estimate of drug-likeness (QED) is 0.722. The molecular weight excluding hydrogens is 383 g/mol. The maximum Gasteiger partial charge on any atom is 0.220 e. The summed E-state index contributed by atoms with van der Waals surface area (Å²) < 4.78 is 14.6. The molecule has 1 atom stereocenters. The van der Waals surface area contributed by atoms with Gasteiger partial charge in [-0.2, -0.15) is 0 Å². The van der Waals surface area contributed by atoms with Gasteiger partial charge in [-0.3, -0.25) is 4.79 Å². The van der Waals surface area contributed by atoms with Gasteiger partial charge >= 0.3 is 0 Å². The number of carbonyl (C=O) groups is 1. The van der Waals surface area contributed by atoms with Crippen LogP contribution in [0, 0.1) is 5.82 Å². The van der Waals surface area contributed by atoms with Crippen molar-refractivity contribution >= 4 is 21.8 Å². The molecule has 0 bridgehead atoms. The number of nitrogens with zero attached hydrogens (tertiary/aromatic N) is 1. The minimum Gasteiger partial charge on any atom is -0.352 e. The first-order valence-corrected chi connectivity index (χ1v) is 9.15. The molecular formula is C20H24BrFN2O.